The zero-order valence-electron chi connectivity index (χ0n) is 8.09. The average Bonchev–Trinajstić information content (AvgIpc) is 2.92. The van der Waals surface area contributed by atoms with Crippen molar-refractivity contribution in [2.75, 3.05) is 26.0 Å². The third-order valence-corrected chi connectivity index (χ3v) is 2.54. The van der Waals surface area contributed by atoms with Crippen LogP contribution in [0.15, 0.2) is 12.2 Å². The Labute approximate surface area is 87.0 Å². The van der Waals surface area contributed by atoms with Crippen molar-refractivity contribution in [1.29, 1.82) is 0 Å². The van der Waals surface area contributed by atoms with Gasteiger partial charge in [0, 0.05) is 5.57 Å². The quantitative estimate of drug-likeness (QED) is 0.273. The molecule has 1 rings (SSSR count). The van der Waals surface area contributed by atoms with Gasteiger partial charge in [-0.05, 0) is 0 Å². The van der Waals surface area contributed by atoms with Crippen molar-refractivity contribution >= 4 is 13.4 Å². The van der Waals surface area contributed by atoms with Gasteiger partial charge < -0.3 is 19.3 Å². The Morgan fingerprint density at radius 3 is 2.67 bits per heavy atom. The number of carbonyl (C=O) groups excluding carboxylic acids is 1. The van der Waals surface area contributed by atoms with Crippen LogP contribution in [0.4, 0.5) is 0 Å². The fourth-order valence-corrected chi connectivity index (χ4v) is 1.24. The van der Waals surface area contributed by atoms with Gasteiger partial charge in [-0.2, -0.15) is 0 Å². The highest BCUT2D eigenvalue weighted by Gasteiger charge is 2.32. The lowest BCUT2D eigenvalue weighted by Crippen LogP contribution is -2.14. The topological polar surface area (TPSA) is 96.4 Å². The molecule has 1 aliphatic rings. The van der Waals surface area contributed by atoms with Gasteiger partial charge in [0.05, 0.1) is 26.0 Å². The third kappa shape index (κ3) is 5.20. The molecule has 1 fully saturated rings. The predicted octanol–water partition coefficient (Wildman–Crippen LogP) is -0.295. The average molecular weight is 236 g/mol. The van der Waals surface area contributed by atoms with Gasteiger partial charge in [-0.15, -0.1) is 0 Å². The molecule has 0 bridgehead atoms. The molecule has 1 saturated heterocycles. The molecule has 0 amide bonds. The van der Waals surface area contributed by atoms with Crippen LogP contribution in [-0.2, 0) is 18.8 Å². The molecule has 6 nitrogen and oxygen atoms in total. The van der Waals surface area contributed by atoms with Crippen molar-refractivity contribution < 1.29 is 28.6 Å². The van der Waals surface area contributed by atoms with E-state index in [9.17, 15) is 9.36 Å². The second-order valence-corrected chi connectivity index (χ2v) is 5.01. The third-order valence-electron chi connectivity index (χ3n) is 1.78. The van der Waals surface area contributed by atoms with E-state index >= 15 is 0 Å². The summed E-state index contributed by atoms with van der Waals surface area (Å²) in [5.41, 5.74) is 0.267. The van der Waals surface area contributed by atoms with Gasteiger partial charge in [-0.3, -0.25) is 9.36 Å². The number of hydrogen-bond donors (Lipinski definition) is 2. The first-order valence-corrected chi connectivity index (χ1v) is 6.16. The Morgan fingerprint density at radius 1 is 1.60 bits per heavy atom. The van der Waals surface area contributed by atoms with Crippen LogP contribution >= 0.6 is 7.60 Å². The predicted molar refractivity (Wildman–Crippen MR) is 51.6 cm³/mol. The summed E-state index contributed by atoms with van der Waals surface area (Å²) >= 11 is 0. The minimum Gasteiger partial charge on any atom is -0.376 e. The molecule has 1 atom stereocenters. The minimum atomic E-state index is -4.02. The number of hydrogen-bond acceptors (Lipinski definition) is 4. The molecule has 1 heterocycles. The summed E-state index contributed by atoms with van der Waals surface area (Å²) in [5.74, 6) is -0.203. The van der Waals surface area contributed by atoms with Crippen molar-refractivity contribution in [3.8, 4) is 0 Å². The monoisotopic (exact) mass is 236 g/mol. The lowest BCUT2D eigenvalue weighted by atomic mass is 10.1. The van der Waals surface area contributed by atoms with Crippen LogP contribution in [0.1, 0.15) is 0 Å². The Morgan fingerprint density at radius 2 is 2.20 bits per heavy atom. The van der Waals surface area contributed by atoms with Crippen molar-refractivity contribution in [1.82, 2.24) is 0 Å². The van der Waals surface area contributed by atoms with E-state index in [1.807, 2.05) is 0 Å². The second-order valence-electron chi connectivity index (χ2n) is 3.23. The molecular weight excluding hydrogens is 223 g/mol. The molecule has 86 valence electrons. The van der Waals surface area contributed by atoms with Gasteiger partial charge in [-0.1, -0.05) is 6.58 Å². The fourth-order valence-electron chi connectivity index (χ4n) is 0.877. The standard InChI is InChI=1S/C8H13O6P/c1-6(8(9)7-5-14-7)4-13-2-3-15(10,11)12/h7H,1-5H2,(H2,10,11,12). The molecule has 0 saturated carbocycles. The first-order valence-electron chi connectivity index (χ1n) is 4.36. The largest absolute Gasteiger partial charge is 0.376 e. The van der Waals surface area contributed by atoms with Crippen LogP contribution in [-0.4, -0.2) is 47.7 Å². The number of ether oxygens (including phenoxy) is 2. The second kappa shape index (κ2) is 5.01. The maximum Gasteiger partial charge on any atom is 0.327 e. The van der Waals surface area contributed by atoms with Gasteiger partial charge in [0.25, 0.3) is 0 Å². The number of Topliss-reactive ketones (excluding diaryl/α,β-unsaturated/α-hetero) is 1. The number of carbonyl (C=O) groups is 1. The molecule has 0 spiro atoms. The van der Waals surface area contributed by atoms with E-state index in [2.05, 4.69) is 6.58 Å². The smallest absolute Gasteiger partial charge is 0.327 e. The Kier molecular flexibility index (Phi) is 4.19. The summed E-state index contributed by atoms with van der Waals surface area (Å²) in [7, 11) is -4.02. The summed E-state index contributed by atoms with van der Waals surface area (Å²) in [6, 6.07) is 0. The first kappa shape index (κ1) is 12.5. The van der Waals surface area contributed by atoms with E-state index in [1.54, 1.807) is 0 Å². The lowest BCUT2D eigenvalue weighted by Gasteiger charge is -2.06. The van der Waals surface area contributed by atoms with Crippen LogP contribution in [0.3, 0.4) is 0 Å². The van der Waals surface area contributed by atoms with Crippen molar-refractivity contribution in [2.45, 2.75) is 6.10 Å². The highest BCUT2D eigenvalue weighted by atomic mass is 31.2. The van der Waals surface area contributed by atoms with E-state index < -0.39 is 7.60 Å². The van der Waals surface area contributed by atoms with E-state index in [1.165, 1.54) is 0 Å². The van der Waals surface area contributed by atoms with Crippen LogP contribution in [0, 0.1) is 0 Å². The molecule has 0 radical (unpaired) electrons. The van der Waals surface area contributed by atoms with Crippen LogP contribution in [0.2, 0.25) is 0 Å². The molecule has 7 heteroatoms. The Hall–Kier alpha value is -0.520. The Bertz CT molecular complexity index is 302. The van der Waals surface area contributed by atoms with Crippen molar-refractivity contribution in [3.05, 3.63) is 12.2 Å². The molecule has 0 aromatic heterocycles. The van der Waals surface area contributed by atoms with Crippen LogP contribution in [0.5, 0.6) is 0 Å². The van der Waals surface area contributed by atoms with Crippen molar-refractivity contribution in [3.63, 3.8) is 0 Å². The van der Waals surface area contributed by atoms with Gasteiger partial charge in [0.1, 0.15) is 6.10 Å². The van der Waals surface area contributed by atoms with E-state index in [0.29, 0.717) is 6.61 Å². The summed E-state index contributed by atoms with van der Waals surface area (Å²) in [6.45, 7) is 3.81. The van der Waals surface area contributed by atoms with E-state index in [4.69, 9.17) is 19.3 Å². The molecule has 0 aromatic carbocycles. The van der Waals surface area contributed by atoms with Gasteiger partial charge >= 0.3 is 7.60 Å². The zero-order valence-corrected chi connectivity index (χ0v) is 8.98. The highest BCUT2D eigenvalue weighted by Crippen LogP contribution is 2.33. The number of epoxide rings is 1. The van der Waals surface area contributed by atoms with Crippen molar-refractivity contribution in [2.24, 2.45) is 0 Å². The maximum atomic E-state index is 11.2. The summed E-state index contributed by atoms with van der Waals surface area (Å²) in [6.07, 6.45) is -0.739. The summed E-state index contributed by atoms with van der Waals surface area (Å²) < 4.78 is 20.1. The number of ketones is 1. The normalized spacial score (nSPS) is 20.0. The molecule has 2 N–H and O–H groups in total. The summed E-state index contributed by atoms with van der Waals surface area (Å²) in [4.78, 5) is 28.3. The SMILES string of the molecule is C=C(COCCP(=O)(O)O)C(=O)C1CO1. The maximum absolute atomic E-state index is 11.2. The molecule has 1 unspecified atom stereocenters. The molecular formula is C8H13O6P. The Balaban J connectivity index is 2.12. The fraction of sp³-hybridized carbons (Fsp3) is 0.625. The van der Waals surface area contributed by atoms with E-state index in [-0.39, 0.29) is 36.8 Å². The van der Waals surface area contributed by atoms with E-state index in [0.717, 1.165) is 0 Å². The molecule has 0 aromatic rings. The highest BCUT2D eigenvalue weighted by molar-refractivity contribution is 7.51. The molecule has 0 aliphatic carbocycles. The first-order chi connectivity index (χ1) is 6.90. The van der Waals surface area contributed by atoms with Gasteiger partial charge in [0.15, 0.2) is 5.78 Å². The van der Waals surface area contributed by atoms with Crippen LogP contribution in [0.25, 0.3) is 0 Å². The zero-order chi connectivity index (χ0) is 11.5. The number of rotatable bonds is 7. The minimum absolute atomic E-state index is 0.0152. The van der Waals surface area contributed by atoms with Gasteiger partial charge in [-0.25, -0.2) is 0 Å². The van der Waals surface area contributed by atoms with Gasteiger partial charge in [0.2, 0.25) is 0 Å². The lowest BCUT2D eigenvalue weighted by molar-refractivity contribution is -0.117. The summed E-state index contributed by atoms with van der Waals surface area (Å²) in [5, 5.41) is 0. The molecule has 15 heavy (non-hydrogen) atoms. The molecule has 1 aliphatic heterocycles. The van der Waals surface area contributed by atoms with Crippen LogP contribution < -0.4 is 0 Å².